The molecule has 0 aliphatic heterocycles. The second-order valence-electron chi connectivity index (χ2n) is 5.10. The first-order chi connectivity index (χ1) is 9.97. The molecule has 21 heavy (non-hydrogen) atoms. The number of aryl methyl sites for hydroxylation is 3. The van der Waals surface area contributed by atoms with Gasteiger partial charge in [-0.3, -0.25) is 9.48 Å². The second-order valence-corrected chi connectivity index (χ2v) is 5.10. The SMILES string of the molecule is Cc1cc(C)n(CCCNc2cc(N)ccc2C(N)=O)n1. The monoisotopic (exact) mass is 287 g/mol. The molecule has 2 aromatic rings. The maximum absolute atomic E-state index is 11.4. The van der Waals surface area contributed by atoms with Crippen LogP contribution in [0.1, 0.15) is 28.2 Å². The van der Waals surface area contributed by atoms with Crippen molar-refractivity contribution >= 4 is 17.3 Å². The summed E-state index contributed by atoms with van der Waals surface area (Å²) in [5.74, 6) is -0.462. The molecule has 6 heteroatoms. The van der Waals surface area contributed by atoms with E-state index in [1.807, 2.05) is 18.5 Å². The molecule has 1 amide bonds. The summed E-state index contributed by atoms with van der Waals surface area (Å²) in [6.07, 6.45) is 0.884. The number of nitrogens with one attached hydrogen (secondary N) is 1. The average Bonchev–Trinajstić information content (AvgIpc) is 2.73. The van der Waals surface area contributed by atoms with Gasteiger partial charge in [-0.1, -0.05) is 0 Å². The van der Waals surface area contributed by atoms with E-state index in [0.29, 0.717) is 23.5 Å². The minimum atomic E-state index is -0.462. The van der Waals surface area contributed by atoms with Gasteiger partial charge in [-0.05, 0) is 44.5 Å². The standard InChI is InChI=1S/C15H21N5O/c1-10-8-11(2)20(19-10)7-3-6-18-14-9-12(16)4-5-13(14)15(17)21/h4-5,8-9,18H,3,6-7,16H2,1-2H3,(H2,17,21). The van der Waals surface area contributed by atoms with Crippen LogP contribution in [-0.2, 0) is 6.54 Å². The predicted octanol–water partition coefficient (Wildman–Crippen LogP) is 1.68. The van der Waals surface area contributed by atoms with Crippen LogP contribution in [0.15, 0.2) is 24.3 Å². The summed E-state index contributed by atoms with van der Waals surface area (Å²) >= 11 is 0. The van der Waals surface area contributed by atoms with Crippen LogP contribution in [0.5, 0.6) is 0 Å². The molecule has 0 atom stereocenters. The maximum atomic E-state index is 11.4. The van der Waals surface area contributed by atoms with Crippen molar-refractivity contribution in [3.8, 4) is 0 Å². The lowest BCUT2D eigenvalue weighted by molar-refractivity contribution is 0.100. The smallest absolute Gasteiger partial charge is 0.250 e. The van der Waals surface area contributed by atoms with Crippen LogP contribution in [0.4, 0.5) is 11.4 Å². The summed E-state index contributed by atoms with van der Waals surface area (Å²) in [5.41, 5.74) is 15.0. The van der Waals surface area contributed by atoms with E-state index in [-0.39, 0.29) is 0 Å². The van der Waals surface area contributed by atoms with Crippen molar-refractivity contribution in [1.29, 1.82) is 0 Å². The number of rotatable bonds is 6. The van der Waals surface area contributed by atoms with Gasteiger partial charge >= 0.3 is 0 Å². The molecule has 1 aromatic carbocycles. The molecular formula is C15H21N5O. The molecule has 0 radical (unpaired) electrons. The van der Waals surface area contributed by atoms with Crippen molar-refractivity contribution in [3.05, 3.63) is 41.2 Å². The fraction of sp³-hybridized carbons (Fsp3) is 0.333. The maximum Gasteiger partial charge on any atom is 0.250 e. The third-order valence-electron chi connectivity index (χ3n) is 3.27. The van der Waals surface area contributed by atoms with Crippen molar-refractivity contribution in [3.63, 3.8) is 0 Å². The fourth-order valence-electron chi connectivity index (χ4n) is 2.28. The normalized spacial score (nSPS) is 10.6. The molecule has 6 nitrogen and oxygen atoms in total. The Morgan fingerprint density at radius 2 is 2.10 bits per heavy atom. The Morgan fingerprint density at radius 1 is 1.33 bits per heavy atom. The topological polar surface area (TPSA) is 99.0 Å². The number of hydrogen-bond acceptors (Lipinski definition) is 4. The van der Waals surface area contributed by atoms with E-state index in [1.165, 1.54) is 0 Å². The van der Waals surface area contributed by atoms with E-state index in [2.05, 4.69) is 16.5 Å². The number of nitrogen functional groups attached to an aromatic ring is 1. The van der Waals surface area contributed by atoms with Crippen LogP contribution in [0.3, 0.4) is 0 Å². The molecule has 0 fully saturated rings. The summed E-state index contributed by atoms with van der Waals surface area (Å²) in [4.78, 5) is 11.4. The summed E-state index contributed by atoms with van der Waals surface area (Å²) in [6, 6.07) is 7.09. The number of amides is 1. The van der Waals surface area contributed by atoms with Gasteiger partial charge in [0.25, 0.3) is 5.91 Å². The Bertz CT molecular complexity index is 648. The van der Waals surface area contributed by atoms with Gasteiger partial charge in [0.2, 0.25) is 0 Å². The molecule has 2 rings (SSSR count). The molecule has 1 aromatic heterocycles. The zero-order chi connectivity index (χ0) is 15.4. The van der Waals surface area contributed by atoms with Crippen LogP contribution >= 0.6 is 0 Å². The lowest BCUT2D eigenvalue weighted by atomic mass is 10.1. The second kappa shape index (κ2) is 6.30. The predicted molar refractivity (Wildman–Crippen MR) is 84.2 cm³/mol. The van der Waals surface area contributed by atoms with E-state index in [0.717, 1.165) is 24.4 Å². The minimum absolute atomic E-state index is 0.454. The summed E-state index contributed by atoms with van der Waals surface area (Å²) in [6.45, 7) is 5.55. The number of hydrogen-bond donors (Lipinski definition) is 3. The summed E-state index contributed by atoms with van der Waals surface area (Å²) < 4.78 is 1.98. The molecule has 1 heterocycles. The largest absolute Gasteiger partial charge is 0.399 e. The van der Waals surface area contributed by atoms with Crippen molar-refractivity contribution in [2.24, 2.45) is 5.73 Å². The zero-order valence-electron chi connectivity index (χ0n) is 12.4. The van der Waals surface area contributed by atoms with Gasteiger partial charge in [0, 0.05) is 30.2 Å². The lowest BCUT2D eigenvalue weighted by Crippen LogP contribution is -2.16. The van der Waals surface area contributed by atoms with Gasteiger partial charge in [-0.25, -0.2) is 0 Å². The highest BCUT2D eigenvalue weighted by atomic mass is 16.1. The van der Waals surface area contributed by atoms with E-state index in [1.54, 1.807) is 18.2 Å². The van der Waals surface area contributed by atoms with Gasteiger partial charge in [-0.15, -0.1) is 0 Å². The van der Waals surface area contributed by atoms with Gasteiger partial charge in [0.15, 0.2) is 0 Å². The Hall–Kier alpha value is -2.50. The van der Waals surface area contributed by atoms with Gasteiger partial charge in [0.05, 0.1) is 11.3 Å². The first-order valence-electron chi connectivity index (χ1n) is 6.91. The van der Waals surface area contributed by atoms with Gasteiger partial charge in [0.1, 0.15) is 0 Å². The molecule has 0 aliphatic carbocycles. The Balaban J connectivity index is 1.93. The number of carbonyl (C=O) groups is 1. The molecule has 112 valence electrons. The lowest BCUT2D eigenvalue weighted by Gasteiger charge is -2.11. The fourth-order valence-corrected chi connectivity index (χ4v) is 2.28. The number of primary amides is 1. The zero-order valence-corrected chi connectivity index (χ0v) is 12.4. The molecule has 0 bridgehead atoms. The summed E-state index contributed by atoms with van der Waals surface area (Å²) in [5, 5.41) is 7.62. The van der Waals surface area contributed by atoms with Crippen molar-refractivity contribution in [2.75, 3.05) is 17.6 Å². The Kier molecular flexibility index (Phi) is 4.47. The van der Waals surface area contributed by atoms with Crippen LogP contribution in [0.25, 0.3) is 0 Å². The van der Waals surface area contributed by atoms with E-state index >= 15 is 0 Å². The minimum Gasteiger partial charge on any atom is -0.399 e. The van der Waals surface area contributed by atoms with Crippen LogP contribution < -0.4 is 16.8 Å². The Labute approximate surface area is 124 Å². The first kappa shape index (κ1) is 14.9. The molecule has 0 aliphatic rings. The number of carbonyl (C=O) groups excluding carboxylic acids is 1. The molecule has 0 saturated carbocycles. The number of nitrogens with two attached hydrogens (primary N) is 2. The molecule has 0 unspecified atom stereocenters. The van der Waals surface area contributed by atoms with Crippen molar-refractivity contribution in [1.82, 2.24) is 9.78 Å². The third-order valence-corrected chi connectivity index (χ3v) is 3.27. The van der Waals surface area contributed by atoms with Gasteiger partial charge in [-0.2, -0.15) is 5.10 Å². The first-order valence-corrected chi connectivity index (χ1v) is 6.91. The summed E-state index contributed by atoms with van der Waals surface area (Å²) in [7, 11) is 0. The molecule has 5 N–H and O–H groups in total. The highest BCUT2D eigenvalue weighted by molar-refractivity contribution is 5.99. The van der Waals surface area contributed by atoms with E-state index in [4.69, 9.17) is 11.5 Å². The highest BCUT2D eigenvalue weighted by Crippen LogP contribution is 2.18. The number of anilines is 2. The van der Waals surface area contributed by atoms with Crippen LogP contribution in [-0.4, -0.2) is 22.2 Å². The van der Waals surface area contributed by atoms with Gasteiger partial charge < -0.3 is 16.8 Å². The van der Waals surface area contributed by atoms with Crippen molar-refractivity contribution in [2.45, 2.75) is 26.8 Å². The number of aromatic nitrogens is 2. The number of benzene rings is 1. The van der Waals surface area contributed by atoms with Crippen LogP contribution in [0.2, 0.25) is 0 Å². The molecule has 0 spiro atoms. The molecule has 0 saturated heterocycles. The van der Waals surface area contributed by atoms with E-state index < -0.39 is 5.91 Å². The van der Waals surface area contributed by atoms with Crippen LogP contribution in [0, 0.1) is 13.8 Å². The quantitative estimate of drug-likeness (QED) is 0.556. The third kappa shape index (κ3) is 3.75. The molecular weight excluding hydrogens is 266 g/mol. The van der Waals surface area contributed by atoms with E-state index in [9.17, 15) is 4.79 Å². The average molecular weight is 287 g/mol. The van der Waals surface area contributed by atoms with Crippen molar-refractivity contribution < 1.29 is 4.79 Å². The number of nitrogens with zero attached hydrogens (tertiary/aromatic N) is 2. The highest BCUT2D eigenvalue weighted by Gasteiger charge is 2.08. The Morgan fingerprint density at radius 3 is 2.71 bits per heavy atom.